The molecular weight excluding hydrogens is 244 g/mol. The third-order valence-electron chi connectivity index (χ3n) is 3.08. The molecule has 0 atom stereocenters. The van der Waals surface area contributed by atoms with Gasteiger partial charge in [0.05, 0.1) is 26.0 Å². The van der Waals surface area contributed by atoms with Gasteiger partial charge < -0.3 is 19.7 Å². The van der Waals surface area contributed by atoms with Crippen LogP contribution in [0, 0.1) is 6.92 Å². The van der Waals surface area contributed by atoms with Crippen LogP contribution in [0.4, 0.5) is 0 Å². The van der Waals surface area contributed by atoms with Gasteiger partial charge in [-0.1, -0.05) is 5.16 Å². The van der Waals surface area contributed by atoms with Gasteiger partial charge in [0.2, 0.25) is 0 Å². The molecular formula is C14H18N2O3. The second-order valence-electron chi connectivity index (χ2n) is 4.19. The minimum Gasteiger partial charge on any atom is -0.496 e. The van der Waals surface area contributed by atoms with Crippen molar-refractivity contribution >= 4 is 0 Å². The normalized spacial score (nSPS) is 10.5. The molecule has 2 aromatic rings. The lowest BCUT2D eigenvalue weighted by Gasteiger charge is -2.13. The molecule has 5 heteroatoms. The smallest absolute Gasteiger partial charge is 0.173 e. The number of benzene rings is 1. The van der Waals surface area contributed by atoms with Crippen LogP contribution in [0.3, 0.4) is 0 Å². The lowest BCUT2D eigenvalue weighted by Crippen LogP contribution is -2.03. The molecule has 2 rings (SSSR count). The van der Waals surface area contributed by atoms with Crippen LogP contribution in [-0.4, -0.2) is 25.9 Å². The van der Waals surface area contributed by atoms with E-state index in [-0.39, 0.29) is 0 Å². The van der Waals surface area contributed by atoms with Gasteiger partial charge in [0.25, 0.3) is 0 Å². The van der Waals surface area contributed by atoms with Crippen molar-refractivity contribution in [3.63, 3.8) is 0 Å². The second-order valence-corrected chi connectivity index (χ2v) is 4.19. The Bertz CT molecular complexity index is 564. The Labute approximate surface area is 112 Å². The fourth-order valence-corrected chi connectivity index (χ4v) is 2.15. The zero-order valence-electron chi connectivity index (χ0n) is 11.4. The number of hydrogen-bond acceptors (Lipinski definition) is 5. The molecule has 1 aromatic carbocycles. The fourth-order valence-electron chi connectivity index (χ4n) is 2.15. The lowest BCUT2D eigenvalue weighted by atomic mass is 10.0. The van der Waals surface area contributed by atoms with Crippen molar-refractivity contribution < 1.29 is 14.0 Å². The molecule has 1 heterocycles. The molecule has 1 aromatic heterocycles. The first-order valence-electron chi connectivity index (χ1n) is 6.08. The van der Waals surface area contributed by atoms with Gasteiger partial charge in [-0.2, -0.15) is 0 Å². The first-order valence-corrected chi connectivity index (χ1v) is 6.08. The number of rotatable bonds is 5. The van der Waals surface area contributed by atoms with Crippen molar-refractivity contribution in [2.24, 2.45) is 5.73 Å². The summed E-state index contributed by atoms with van der Waals surface area (Å²) in [6, 6.07) is 3.80. The van der Waals surface area contributed by atoms with Gasteiger partial charge in [-0.3, -0.25) is 0 Å². The monoisotopic (exact) mass is 262 g/mol. The summed E-state index contributed by atoms with van der Waals surface area (Å²) in [4.78, 5) is 0. The van der Waals surface area contributed by atoms with Gasteiger partial charge in [-0.15, -0.1) is 0 Å². The molecule has 0 saturated heterocycles. The Kier molecular flexibility index (Phi) is 4.06. The molecule has 0 aliphatic carbocycles. The SMILES string of the molecule is COc1ccc(-c2oncc2CCN)c(OC)c1C. The summed E-state index contributed by atoms with van der Waals surface area (Å²) in [5.74, 6) is 2.21. The van der Waals surface area contributed by atoms with Gasteiger partial charge in [-0.05, 0) is 32.0 Å². The molecule has 0 unspecified atom stereocenters. The maximum absolute atomic E-state index is 5.59. The van der Waals surface area contributed by atoms with Crippen LogP contribution in [0.1, 0.15) is 11.1 Å². The molecule has 0 spiro atoms. The Hall–Kier alpha value is -2.01. The van der Waals surface area contributed by atoms with E-state index >= 15 is 0 Å². The van der Waals surface area contributed by atoms with Crippen LogP contribution in [-0.2, 0) is 6.42 Å². The highest BCUT2D eigenvalue weighted by Crippen LogP contribution is 2.39. The predicted molar refractivity (Wildman–Crippen MR) is 72.5 cm³/mol. The van der Waals surface area contributed by atoms with Crippen molar-refractivity contribution in [1.29, 1.82) is 0 Å². The third kappa shape index (κ3) is 2.42. The van der Waals surface area contributed by atoms with Crippen LogP contribution >= 0.6 is 0 Å². The van der Waals surface area contributed by atoms with Crippen LogP contribution in [0.25, 0.3) is 11.3 Å². The van der Waals surface area contributed by atoms with Gasteiger partial charge in [0, 0.05) is 11.1 Å². The summed E-state index contributed by atoms with van der Waals surface area (Å²) in [6.07, 6.45) is 2.41. The average molecular weight is 262 g/mol. The summed E-state index contributed by atoms with van der Waals surface area (Å²) in [5, 5.41) is 3.85. The maximum atomic E-state index is 5.59. The topological polar surface area (TPSA) is 70.5 Å². The zero-order valence-corrected chi connectivity index (χ0v) is 11.4. The first kappa shape index (κ1) is 13.4. The maximum Gasteiger partial charge on any atom is 0.173 e. The number of aromatic nitrogens is 1. The van der Waals surface area contributed by atoms with Crippen LogP contribution < -0.4 is 15.2 Å². The van der Waals surface area contributed by atoms with Crippen LogP contribution in [0.5, 0.6) is 11.5 Å². The second kappa shape index (κ2) is 5.75. The minimum atomic E-state index is 0.547. The molecule has 19 heavy (non-hydrogen) atoms. The van der Waals surface area contributed by atoms with Crippen molar-refractivity contribution in [2.75, 3.05) is 20.8 Å². The molecule has 0 aliphatic heterocycles. The summed E-state index contributed by atoms with van der Waals surface area (Å²) in [5.41, 5.74) is 8.36. The molecule has 2 N–H and O–H groups in total. The summed E-state index contributed by atoms with van der Waals surface area (Å²) in [6.45, 7) is 2.49. The summed E-state index contributed by atoms with van der Waals surface area (Å²) < 4.78 is 16.1. The molecule has 102 valence electrons. The van der Waals surface area contributed by atoms with E-state index < -0.39 is 0 Å². The highest BCUT2D eigenvalue weighted by molar-refractivity contribution is 5.72. The van der Waals surface area contributed by atoms with Crippen molar-refractivity contribution in [2.45, 2.75) is 13.3 Å². The molecule has 0 radical (unpaired) electrons. The van der Waals surface area contributed by atoms with E-state index in [2.05, 4.69) is 5.16 Å². The van der Waals surface area contributed by atoms with E-state index in [1.165, 1.54) is 0 Å². The number of ether oxygens (including phenoxy) is 2. The van der Waals surface area contributed by atoms with E-state index in [0.717, 1.165) is 28.2 Å². The summed E-state index contributed by atoms with van der Waals surface area (Å²) in [7, 11) is 3.26. The Balaban J connectivity index is 2.55. The molecule has 0 fully saturated rings. The van der Waals surface area contributed by atoms with Gasteiger partial charge in [0.1, 0.15) is 11.5 Å². The molecule has 0 aliphatic rings. The lowest BCUT2D eigenvalue weighted by molar-refractivity contribution is 0.386. The first-order chi connectivity index (χ1) is 9.22. The van der Waals surface area contributed by atoms with Crippen molar-refractivity contribution in [1.82, 2.24) is 5.16 Å². The van der Waals surface area contributed by atoms with E-state index in [1.54, 1.807) is 20.4 Å². The molecule has 0 amide bonds. The van der Waals surface area contributed by atoms with Gasteiger partial charge >= 0.3 is 0 Å². The van der Waals surface area contributed by atoms with E-state index in [0.29, 0.717) is 18.7 Å². The number of methoxy groups -OCH3 is 2. The summed E-state index contributed by atoms with van der Waals surface area (Å²) >= 11 is 0. The van der Waals surface area contributed by atoms with Gasteiger partial charge in [0.15, 0.2) is 5.76 Å². The largest absolute Gasteiger partial charge is 0.496 e. The number of nitrogens with zero attached hydrogens (tertiary/aromatic N) is 1. The Morgan fingerprint density at radius 2 is 2.05 bits per heavy atom. The number of nitrogens with two attached hydrogens (primary N) is 1. The van der Waals surface area contributed by atoms with E-state index in [1.807, 2.05) is 19.1 Å². The Morgan fingerprint density at radius 1 is 1.26 bits per heavy atom. The Morgan fingerprint density at radius 3 is 2.68 bits per heavy atom. The van der Waals surface area contributed by atoms with Crippen LogP contribution in [0.15, 0.2) is 22.9 Å². The fraction of sp³-hybridized carbons (Fsp3) is 0.357. The highest BCUT2D eigenvalue weighted by Gasteiger charge is 2.18. The van der Waals surface area contributed by atoms with Gasteiger partial charge in [-0.25, -0.2) is 0 Å². The van der Waals surface area contributed by atoms with E-state index in [9.17, 15) is 0 Å². The average Bonchev–Trinajstić information content (AvgIpc) is 2.87. The standard InChI is InChI=1S/C14H18N2O3/c1-9-12(17-2)5-4-11(13(9)18-3)14-10(6-7-15)8-16-19-14/h4-5,8H,6-7,15H2,1-3H3. The highest BCUT2D eigenvalue weighted by atomic mass is 16.5. The predicted octanol–water partition coefficient (Wildman–Crippen LogP) is 2.17. The molecule has 5 nitrogen and oxygen atoms in total. The zero-order chi connectivity index (χ0) is 13.8. The number of hydrogen-bond donors (Lipinski definition) is 1. The van der Waals surface area contributed by atoms with Crippen molar-refractivity contribution in [3.8, 4) is 22.8 Å². The quantitative estimate of drug-likeness (QED) is 0.894. The van der Waals surface area contributed by atoms with Crippen LogP contribution in [0.2, 0.25) is 0 Å². The van der Waals surface area contributed by atoms with Crippen molar-refractivity contribution in [3.05, 3.63) is 29.5 Å². The van der Waals surface area contributed by atoms with E-state index in [4.69, 9.17) is 19.7 Å². The minimum absolute atomic E-state index is 0.547. The molecule has 0 saturated carbocycles. The third-order valence-corrected chi connectivity index (χ3v) is 3.08. The molecule has 0 bridgehead atoms.